The van der Waals surface area contributed by atoms with Crippen molar-refractivity contribution in [2.45, 2.75) is 63.4 Å². The third kappa shape index (κ3) is 1.92. The molecule has 18 heavy (non-hydrogen) atoms. The number of rotatable bonds is 3. The second-order valence-corrected chi connectivity index (χ2v) is 6.63. The lowest BCUT2D eigenvalue weighted by molar-refractivity contribution is -0.149. The Bertz CT molecular complexity index is 324. The molecule has 3 rings (SSSR count). The highest BCUT2D eigenvalue weighted by atomic mass is 16.5. The van der Waals surface area contributed by atoms with Crippen molar-refractivity contribution in [3.63, 3.8) is 0 Å². The second-order valence-electron chi connectivity index (χ2n) is 6.63. The van der Waals surface area contributed by atoms with Gasteiger partial charge in [0.15, 0.2) is 0 Å². The summed E-state index contributed by atoms with van der Waals surface area (Å²) in [7, 11) is 0. The average Bonchev–Trinajstić information content (AvgIpc) is 2.76. The number of carbonyl (C=O) groups is 1. The zero-order valence-corrected chi connectivity index (χ0v) is 11.2. The van der Waals surface area contributed by atoms with Gasteiger partial charge in [0.25, 0.3) is 0 Å². The maximum atomic E-state index is 12.7. The van der Waals surface area contributed by atoms with E-state index in [9.17, 15) is 4.79 Å². The molecule has 1 aliphatic heterocycles. The summed E-state index contributed by atoms with van der Waals surface area (Å²) in [4.78, 5) is 12.7. The highest BCUT2D eigenvalue weighted by Gasteiger charge is 2.49. The van der Waals surface area contributed by atoms with Crippen LogP contribution in [-0.2, 0) is 9.53 Å². The van der Waals surface area contributed by atoms with Crippen LogP contribution in [0.3, 0.4) is 0 Å². The molecule has 0 bridgehead atoms. The van der Waals surface area contributed by atoms with E-state index in [0.29, 0.717) is 12.3 Å². The molecular formula is C15H25NO2. The predicted octanol–water partition coefficient (Wildman–Crippen LogP) is 2.42. The molecule has 3 nitrogen and oxygen atoms in total. The third-order valence-corrected chi connectivity index (χ3v) is 5.60. The molecule has 1 atom stereocenters. The molecule has 1 unspecified atom stereocenters. The summed E-state index contributed by atoms with van der Waals surface area (Å²) in [6.45, 7) is 1.33. The van der Waals surface area contributed by atoms with E-state index in [1.807, 2.05) is 0 Å². The molecule has 3 fully saturated rings. The Kier molecular flexibility index (Phi) is 3.23. The SMILES string of the molecule is NCC1(C(=O)C2CCOC3(CCCC3)C2)CCC1. The lowest BCUT2D eigenvalue weighted by atomic mass is 9.61. The van der Waals surface area contributed by atoms with E-state index < -0.39 is 0 Å². The molecule has 2 N–H and O–H groups in total. The van der Waals surface area contributed by atoms with Crippen LogP contribution in [0.25, 0.3) is 0 Å². The van der Waals surface area contributed by atoms with E-state index in [1.165, 1.54) is 19.3 Å². The van der Waals surface area contributed by atoms with Gasteiger partial charge in [-0.15, -0.1) is 0 Å². The lowest BCUT2D eigenvalue weighted by Gasteiger charge is -2.45. The Labute approximate surface area is 109 Å². The number of hydrogen-bond donors (Lipinski definition) is 1. The molecule has 0 aromatic rings. The van der Waals surface area contributed by atoms with Crippen LogP contribution in [0.5, 0.6) is 0 Å². The molecule has 102 valence electrons. The third-order valence-electron chi connectivity index (χ3n) is 5.60. The molecule has 3 aliphatic rings. The molecule has 0 radical (unpaired) electrons. The maximum Gasteiger partial charge on any atom is 0.143 e. The fourth-order valence-electron chi connectivity index (χ4n) is 4.21. The van der Waals surface area contributed by atoms with Crippen LogP contribution in [0.1, 0.15) is 57.8 Å². The van der Waals surface area contributed by atoms with Crippen molar-refractivity contribution in [3.05, 3.63) is 0 Å². The van der Waals surface area contributed by atoms with Crippen molar-refractivity contribution in [1.82, 2.24) is 0 Å². The van der Waals surface area contributed by atoms with Gasteiger partial charge in [0.05, 0.1) is 5.60 Å². The number of carbonyl (C=O) groups excluding carboxylic acids is 1. The van der Waals surface area contributed by atoms with Crippen molar-refractivity contribution in [3.8, 4) is 0 Å². The fraction of sp³-hybridized carbons (Fsp3) is 0.933. The quantitative estimate of drug-likeness (QED) is 0.838. The largest absolute Gasteiger partial charge is 0.375 e. The minimum absolute atomic E-state index is 0.0537. The number of hydrogen-bond acceptors (Lipinski definition) is 3. The van der Waals surface area contributed by atoms with Crippen molar-refractivity contribution in [2.24, 2.45) is 17.1 Å². The minimum Gasteiger partial charge on any atom is -0.375 e. The van der Waals surface area contributed by atoms with Gasteiger partial charge in [-0.05, 0) is 38.5 Å². The second kappa shape index (κ2) is 4.61. The van der Waals surface area contributed by atoms with Crippen LogP contribution < -0.4 is 5.73 Å². The first-order valence-electron chi connectivity index (χ1n) is 7.58. The zero-order chi connectivity index (χ0) is 12.6. The smallest absolute Gasteiger partial charge is 0.143 e. The van der Waals surface area contributed by atoms with Gasteiger partial charge in [0.2, 0.25) is 0 Å². The standard InChI is InChI=1S/C15H25NO2/c16-11-14(5-3-6-14)13(17)12-4-9-18-15(10-12)7-1-2-8-15/h12H,1-11,16H2. The van der Waals surface area contributed by atoms with Crippen LogP contribution in [-0.4, -0.2) is 24.5 Å². The van der Waals surface area contributed by atoms with Gasteiger partial charge in [0, 0.05) is 24.5 Å². The van der Waals surface area contributed by atoms with Gasteiger partial charge in [-0.3, -0.25) is 4.79 Å². The summed E-state index contributed by atoms with van der Waals surface area (Å²) in [6, 6.07) is 0. The van der Waals surface area contributed by atoms with Crippen molar-refractivity contribution < 1.29 is 9.53 Å². The summed E-state index contributed by atoms with van der Waals surface area (Å²) in [5.41, 5.74) is 5.77. The monoisotopic (exact) mass is 251 g/mol. The van der Waals surface area contributed by atoms with Crippen LogP contribution in [0.2, 0.25) is 0 Å². The summed E-state index contributed by atoms with van der Waals surface area (Å²) in [5.74, 6) is 0.687. The first kappa shape index (κ1) is 12.6. The van der Waals surface area contributed by atoms with Crippen LogP contribution >= 0.6 is 0 Å². The van der Waals surface area contributed by atoms with Gasteiger partial charge < -0.3 is 10.5 Å². The van der Waals surface area contributed by atoms with E-state index in [-0.39, 0.29) is 16.9 Å². The van der Waals surface area contributed by atoms with Gasteiger partial charge in [-0.25, -0.2) is 0 Å². The van der Waals surface area contributed by atoms with Gasteiger partial charge in [-0.1, -0.05) is 19.3 Å². The highest BCUT2D eigenvalue weighted by Crippen LogP contribution is 2.48. The summed E-state index contributed by atoms with van der Waals surface area (Å²) in [5, 5.41) is 0. The number of ketones is 1. The Morgan fingerprint density at radius 2 is 1.89 bits per heavy atom. The van der Waals surface area contributed by atoms with Crippen molar-refractivity contribution >= 4 is 5.78 Å². The molecule has 1 heterocycles. The minimum atomic E-state index is -0.151. The lowest BCUT2D eigenvalue weighted by Crippen LogP contribution is -2.50. The van der Waals surface area contributed by atoms with Gasteiger partial charge >= 0.3 is 0 Å². The predicted molar refractivity (Wildman–Crippen MR) is 70.2 cm³/mol. The van der Waals surface area contributed by atoms with Gasteiger partial charge in [0.1, 0.15) is 5.78 Å². The van der Waals surface area contributed by atoms with Crippen LogP contribution in [0, 0.1) is 11.3 Å². The molecule has 3 heteroatoms. The Hall–Kier alpha value is -0.410. The maximum absolute atomic E-state index is 12.7. The molecular weight excluding hydrogens is 226 g/mol. The Morgan fingerprint density at radius 3 is 2.44 bits per heavy atom. The van der Waals surface area contributed by atoms with E-state index in [0.717, 1.165) is 45.1 Å². The molecule has 1 saturated heterocycles. The molecule has 0 aromatic heterocycles. The topological polar surface area (TPSA) is 52.3 Å². The van der Waals surface area contributed by atoms with E-state index in [2.05, 4.69) is 0 Å². The summed E-state index contributed by atoms with van der Waals surface area (Å²) < 4.78 is 6.02. The van der Waals surface area contributed by atoms with E-state index in [1.54, 1.807) is 0 Å². The summed E-state index contributed by atoms with van der Waals surface area (Å²) >= 11 is 0. The zero-order valence-electron chi connectivity index (χ0n) is 11.2. The Morgan fingerprint density at radius 1 is 1.17 bits per heavy atom. The molecule has 0 aromatic carbocycles. The molecule has 0 amide bonds. The number of nitrogens with two attached hydrogens (primary N) is 1. The first-order chi connectivity index (χ1) is 8.70. The van der Waals surface area contributed by atoms with E-state index >= 15 is 0 Å². The van der Waals surface area contributed by atoms with Crippen molar-refractivity contribution in [2.75, 3.05) is 13.2 Å². The van der Waals surface area contributed by atoms with Crippen LogP contribution in [0.4, 0.5) is 0 Å². The Balaban J connectivity index is 1.70. The normalized spacial score (nSPS) is 33.3. The van der Waals surface area contributed by atoms with E-state index in [4.69, 9.17) is 10.5 Å². The highest BCUT2D eigenvalue weighted by molar-refractivity contribution is 5.88. The average molecular weight is 251 g/mol. The molecule has 2 saturated carbocycles. The molecule has 2 aliphatic carbocycles. The first-order valence-corrected chi connectivity index (χ1v) is 7.58. The van der Waals surface area contributed by atoms with Crippen molar-refractivity contribution in [1.29, 1.82) is 0 Å². The summed E-state index contributed by atoms with van der Waals surface area (Å²) in [6.07, 6.45) is 9.96. The number of ether oxygens (including phenoxy) is 1. The van der Waals surface area contributed by atoms with Crippen LogP contribution in [0.15, 0.2) is 0 Å². The molecule has 1 spiro atoms. The fourth-order valence-corrected chi connectivity index (χ4v) is 4.21. The number of Topliss-reactive ketones (excluding diaryl/α,β-unsaturated/α-hetero) is 1. The van der Waals surface area contributed by atoms with Gasteiger partial charge in [-0.2, -0.15) is 0 Å².